The molecule has 0 atom stereocenters. The molecule has 0 amide bonds. The lowest BCUT2D eigenvalue weighted by Gasteiger charge is -2.13. The van der Waals surface area contributed by atoms with E-state index in [4.69, 9.17) is 9.47 Å². The lowest BCUT2D eigenvalue weighted by atomic mass is 10.3. The van der Waals surface area contributed by atoms with Crippen LogP contribution < -0.4 is 19.5 Å². The molecular formula is C13H22BrClN2O4S. The second-order valence-electron chi connectivity index (χ2n) is 4.29. The fourth-order valence-corrected chi connectivity index (χ4v) is 3.76. The number of rotatable bonds is 9. The van der Waals surface area contributed by atoms with E-state index in [0.717, 1.165) is 13.0 Å². The van der Waals surface area contributed by atoms with Crippen LogP contribution in [0.3, 0.4) is 0 Å². The van der Waals surface area contributed by atoms with Crippen molar-refractivity contribution in [1.82, 2.24) is 10.0 Å². The summed E-state index contributed by atoms with van der Waals surface area (Å²) in [5.74, 6) is 0.832. The Kier molecular flexibility index (Phi) is 10.0. The maximum absolute atomic E-state index is 12.3. The molecule has 0 aromatic heterocycles. The summed E-state index contributed by atoms with van der Waals surface area (Å²) in [6.45, 7) is 3.82. The van der Waals surface area contributed by atoms with Gasteiger partial charge in [-0.2, -0.15) is 0 Å². The van der Waals surface area contributed by atoms with E-state index in [0.29, 0.717) is 29.1 Å². The number of halogens is 2. The zero-order valence-corrected chi connectivity index (χ0v) is 16.0. The second kappa shape index (κ2) is 10.3. The smallest absolute Gasteiger partial charge is 0.241 e. The van der Waals surface area contributed by atoms with Crippen LogP contribution in [-0.4, -0.2) is 42.3 Å². The first-order valence-corrected chi connectivity index (χ1v) is 8.85. The summed E-state index contributed by atoms with van der Waals surface area (Å²) < 4.78 is 37.8. The lowest BCUT2D eigenvalue weighted by molar-refractivity contribution is 0.353. The highest BCUT2D eigenvalue weighted by molar-refractivity contribution is 9.10. The Balaban J connectivity index is 0.00000441. The highest BCUT2D eigenvalue weighted by Crippen LogP contribution is 2.35. The van der Waals surface area contributed by atoms with Crippen molar-refractivity contribution in [3.8, 4) is 11.5 Å². The summed E-state index contributed by atoms with van der Waals surface area (Å²) in [4.78, 5) is 0.121. The van der Waals surface area contributed by atoms with Gasteiger partial charge in [-0.15, -0.1) is 12.4 Å². The second-order valence-corrected chi connectivity index (χ2v) is 6.88. The predicted molar refractivity (Wildman–Crippen MR) is 92.8 cm³/mol. The molecule has 0 saturated carbocycles. The summed E-state index contributed by atoms with van der Waals surface area (Å²) in [6, 6.07) is 3.01. The van der Waals surface area contributed by atoms with Crippen LogP contribution >= 0.6 is 28.3 Å². The van der Waals surface area contributed by atoms with Crippen molar-refractivity contribution in [2.24, 2.45) is 0 Å². The van der Waals surface area contributed by atoms with Crippen molar-refractivity contribution in [3.05, 3.63) is 16.6 Å². The van der Waals surface area contributed by atoms with Gasteiger partial charge in [0.2, 0.25) is 10.0 Å². The molecule has 0 spiro atoms. The van der Waals surface area contributed by atoms with Gasteiger partial charge in [-0.05, 0) is 35.0 Å². The van der Waals surface area contributed by atoms with Gasteiger partial charge < -0.3 is 14.8 Å². The highest BCUT2D eigenvalue weighted by Gasteiger charge is 2.20. The van der Waals surface area contributed by atoms with Crippen LogP contribution in [0.25, 0.3) is 0 Å². The lowest BCUT2D eigenvalue weighted by Crippen LogP contribution is -2.32. The van der Waals surface area contributed by atoms with Crippen molar-refractivity contribution < 1.29 is 17.9 Å². The van der Waals surface area contributed by atoms with Crippen molar-refractivity contribution in [3.63, 3.8) is 0 Å². The molecule has 0 unspecified atom stereocenters. The molecule has 6 nitrogen and oxygen atoms in total. The molecule has 0 saturated heterocycles. The maximum atomic E-state index is 12.3. The van der Waals surface area contributed by atoms with Crippen LogP contribution in [0.15, 0.2) is 21.5 Å². The summed E-state index contributed by atoms with van der Waals surface area (Å²) in [5.41, 5.74) is 0. The van der Waals surface area contributed by atoms with Crippen LogP contribution in [0.5, 0.6) is 11.5 Å². The van der Waals surface area contributed by atoms with Gasteiger partial charge in [0.25, 0.3) is 0 Å². The normalized spacial score (nSPS) is 10.9. The van der Waals surface area contributed by atoms with Gasteiger partial charge in [0.05, 0.1) is 14.2 Å². The topological polar surface area (TPSA) is 76.7 Å². The van der Waals surface area contributed by atoms with Gasteiger partial charge >= 0.3 is 0 Å². The Morgan fingerprint density at radius 3 is 2.23 bits per heavy atom. The van der Waals surface area contributed by atoms with Crippen LogP contribution in [-0.2, 0) is 10.0 Å². The number of sulfonamides is 1. The van der Waals surface area contributed by atoms with E-state index in [1.54, 1.807) is 6.07 Å². The van der Waals surface area contributed by atoms with Gasteiger partial charge in [0.15, 0.2) is 11.5 Å². The van der Waals surface area contributed by atoms with Gasteiger partial charge in [-0.25, -0.2) is 13.1 Å². The van der Waals surface area contributed by atoms with Gasteiger partial charge in [-0.3, -0.25) is 0 Å². The summed E-state index contributed by atoms with van der Waals surface area (Å²) in [5, 5.41) is 3.13. The molecule has 9 heteroatoms. The Labute approximate surface area is 146 Å². The number of benzene rings is 1. The van der Waals surface area contributed by atoms with Crippen molar-refractivity contribution in [2.75, 3.05) is 33.9 Å². The Hall–Kier alpha value is -0.540. The Morgan fingerprint density at radius 1 is 1.09 bits per heavy atom. The van der Waals surface area contributed by atoms with E-state index in [-0.39, 0.29) is 17.3 Å². The highest BCUT2D eigenvalue weighted by atomic mass is 79.9. The third-order valence-electron chi connectivity index (χ3n) is 2.75. The molecule has 0 aliphatic carbocycles. The van der Waals surface area contributed by atoms with Crippen LogP contribution in [0.2, 0.25) is 0 Å². The molecule has 0 aliphatic rings. The fraction of sp³-hybridized carbons (Fsp3) is 0.538. The van der Waals surface area contributed by atoms with E-state index >= 15 is 0 Å². The number of hydrogen-bond donors (Lipinski definition) is 2. The Bertz CT molecular complexity index is 569. The molecule has 22 heavy (non-hydrogen) atoms. The standard InChI is InChI=1S/C13H21BrN2O4S.ClH/c1-4-5-15-6-7-16-21(17,18)13-9-12(20-3)11(19-2)8-10(13)14;/h8-9,15-16H,4-7H2,1-3H3;1H. The molecule has 1 aromatic rings. The van der Waals surface area contributed by atoms with Crippen LogP contribution in [0.4, 0.5) is 0 Å². The molecule has 128 valence electrons. The minimum absolute atomic E-state index is 0. The average Bonchev–Trinajstić information content (AvgIpc) is 2.46. The van der Waals surface area contributed by atoms with E-state index in [2.05, 4.69) is 32.9 Å². The zero-order valence-electron chi connectivity index (χ0n) is 12.8. The van der Waals surface area contributed by atoms with Crippen LogP contribution in [0, 0.1) is 0 Å². The third kappa shape index (κ3) is 5.92. The first-order valence-electron chi connectivity index (χ1n) is 6.58. The largest absolute Gasteiger partial charge is 0.493 e. The van der Waals surface area contributed by atoms with E-state index in [9.17, 15) is 8.42 Å². The number of hydrogen-bond acceptors (Lipinski definition) is 5. The molecule has 0 bridgehead atoms. The van der Waals surface area contributed by atoms with E-state index < -0.39 is 10.0 Å². The van der Waals surface area contributed by atoms with Crippen LogP contribution in [0.1, 0.15) is 13.3 Å². The quantitative estimate of drug-likeness (QED) is 0.602. The van der Waals surface area contributed by atoms with Crippen molar-refractivity contribution in [1.29, 1.82) is 0 Å². The third-order valence-corrected chi connectivity index (χ3v) is 5.17. The van der Waals surface area contributed by atoms with Gasteiger partial charge in [-0.1, -0.05) is 6.92 Å². The minimum Gasteiger partial charge on any atom is -0.493 e. The molecule has 2 N–H and O–H groups in total. The Morgan fingerprint density at radius 2 is 1.68 bits per heavy atom. The van der Waals surface area contributed by atoms with Crippen molar-refractivity contribution >= 4 is 38.4 Å². The van der Waals surface area contributed by atoms with E-state index in [1.165, 1.54) is 20.3 Å². The SMILES string of the molecule is CCCNCCNS(=O)(=O)c1cc(OC)c(OC)cc1Br.Cl. The number of nitrogens with one attached hydrogen (secondary N) is 2. The maximum Gasteiger partial charge on any atom is 0.241 e. The molecule has 0 radical (unpaired) electrons. The van der Waals surface area contributed by atoms with Gasteiger partial charge in [0.1, 0.15) is 4.90 Å². The summed E-state index contributed by atoms with van der Waals surface area (Å²) in [6.07, 6.45) is 1.01. The average molecular weight is 418 g/mol. The molecule has 0 fully saturated rings. The molecule has 0 aliphatic heterocycles. The molecule has 0 heterocycles. The van der Waals surface area contributed by atoms with E-state index in [1.807, 2.05) is 0 Å². The summed E-state index contributed by atoms with van der Waals surface area (Å²) >= 11 is 3.25. The van der Waals surface area contributed by atoms with Gasteiger partial charge in [0, 0.05) is 23.6 Å². The minimum atomic E-state index is -3.61. The number of ether oxygens (including phenoxy) is 2. The van der Waals surface area contributed by atoms with Crippen molar-refractivity contribution in [2.45, 2.75) is 18.2 Å². The first kappa shape index (κ1) is 21.5. The fourth-order valence-electron chi connectivity index (χ4n) is 1.69. The molecule has 1 rings (SSSR count). The molecular weight excluding hydrogens is 396 g/mol. The zero-order chi connectivity index (χ0) is 15.9. The summed E-state index contributed by atoms with van der Waals surface area (Å²) in [7, 11) is -0.649. The number of methoxy groups -OCH3 is 2. The molecule has 1 aromatic carbocycles. The predicted octanol–water partition coefficient (Wildman–Crippen LogP) is 2.17. The first-order chi connectivity index (χ1) is 9.96. The monoisotopic (exact) mass is 416 g/mol.